The van der Waals surface area contributed by atoms with Gasteiger partial charge in [0.1, 0.15) is 0 Å². The largest absolute Gasteiger partial charge is 0.301 e. The molecule has 4 nitrogen and oxygen atoms in total. The number of hydrogen-bond donors (Lipinski definition) is 0. The van der Waals surface area contributed by atoms with Gasteiger partial charge in [-0.25, -0.2) is 0 Å². The summed E-state index contributed by atoms with van der Waals surface area (Å²) in [7, 11) is 4.44. The van der Waals surface area contributed by atoms with Gasteiger partial charge in [0, 0.05) is 18.6 Å². The summed E-state index contributed by atoms with van der Waals surface area (Å²) in [6.45, 7) is 10.1. The molecule has 1 aromatic rings. The van der Waals surface area contributed by atoms with E-state index in [9.17, 15) is 0 Å². The lowest BCUT2D eigenvalue weighted by Gasteiger charge is -2.35. The van der Waals surface area contributed by atoms with Gasteiger partial charge in [0.25, 0.3) is 0 Å². The van der Waals surface area contributed by atoms with E-state index in [0.29, 0.717) is 5.54 Å². The van der Waals surface area contributed by atoms with E-state index in [1.807, 2.05) is 6.92 Å². The van der Waals surface area contributed by atoms with Crippen molar-refractivity contribution in [3.05, 3.63) is 10.6 Å². The monoisotopic (exact) mass is 268 g/mol. The van der Waals surface area contributed by atoms with Crippen molar-refractivity contribution >= 4 is 11.5 Å². The molecule has 2 rings (SSSR count). The van der Waals surface area contributed by atoms with Crippen LogP contribution in [0.15, 0.2) is 0 Å². The SMILES string of the molecule is Cc1nnsc1CN(C)C[C@H]1CCN(C)C1(C)C. The second-order valence-electron chi connectivity index (χ2n) is 6.04. The van der Waals surface area contributed by atoms with Gasteiger partial charge in [0.05, 0.1) is 10.6 Å². The highest BCUT2D eigenvalue weighted by Gasteiger charge is 2.39. The molecule has 2 heterocycles. The predicted octanol–water partition coefficient (Wildman–Crippen LogP) is 2.01. The second kappa shape index (κ2) is 5.23. The summed E-state index contributed by atoms with van der Waals surface area (Å²) in [6, 6.07) is 0. The van der Waals surface area contributed by atoms with Gasteiger partial charge in [0.2, 0.25) is 0 Å². The molecule has 1 saturated heterocycles. The van der Waals surface area contributed by atoms with Crippen molar-refractivity contribution in [2.45, 2.75) is 39.3 Å². The van der Waals surface area contributed by atoms with Crippen molar-refractivity contribution in [1.29, 1.82) is 0 Å². The lowest BCUT2D eigenvalue weighted by molar-refractivity contribution is 0.140. The molecule has 1 fully saturated rings. The first-order valence-corrected chi connectivity index (χ1v) is 7.36. The predicted molar refractivity (Wildman–Crippen MR) is 75.8 cm³/mol. The van der Waals surface area contributed by atoms with E-state index >= 15 is 0 Å². The molecule has 5 heteroatoms. The molecule has 0 saturated carbocycles. The minimum atomic E-state index is 0.315. The molecule has 0 radical (unpaired) electrons. The van der Waals surface area contributed by atoms with E-state index in [0.717, 1.165) is 24.7 Å². The van der Waals surface area contributed by atoms with E-state index in [1.165, 1.54) is 29.4 Å². The van der Waals surface area contributed by atoms with Gasteiger partial charge in [-0.05, 0) is 65.3 Å². The zero-order chi connectivity index (χ0) is 13.3. The Balaban J connectivity index is 1.92. The number of nitrogens with zero attached hydrogens (tertiary/aromatic N) is 4. The summed E-state index contributed by atoms with van der Waals surface area (Å²) >= 11 is 1.52. The van der Waals surface area contributed by atoms with Crippen LogP contribution in [-0.2, 0) is 6.54 Å². The Labute approximate surface area is 114 Å². The van der Waals surface area contributed by atoms with Gasteiger partial charge in [0.15, 0.2) is 0 Å². The van der Waals surface area contributed by atoms with Crippen LogP contribution in [0.3, 0.4) is 0 Å². The molecule has 0 N–H and O–H groups in total. The minimum absolute atomic E-state index is 0.315. The molecule has 1 aliphatic rings. The molecule has 18 heavy (non-hydrogen) atoms. The first-order valence-electron chi connectivity index (χ1n) is 6.59. The summed E-state index contributed by atoms with van der Waals surface area (Å²) in [4.78, 5) is 6.18. The normalized spacial score (nSPS) is 24.0. The Morgan fingerprint density at radius 1 is 1.50 bits per heavy atom. The van der Waals surface area contributed by atoms with Crippen LogP contribution >= 0.6 is 11.5 Å². The molecule has 0 spiro atoms. The molecule has 0 bridgehead atoms. The maximum atomic E-state index is 4.08. The maximum Gasteiger partial charge on any atom is 0.0769 e. The highest BCUT2D eigenvalue weighted by Crippen LogP contribution is 2.33. The lowest BCUT2D eigenvalue weighted by atomic mass is 9.88. The van der Waals surface area contributed by atoms with Crippen LogP contribution in [0.1, 0.15) is 30.8 Å². The van der Waals surface area contributed by atoms with Gasteiger partial charge >= 0.3 is 0 Å². The highest BCUT2D eigenvalue weighted by molar-refractivity contribution is 7.05. The van der Waals surface area contributed by atoms with Crippen molar-refractivity contribution in [2.75, 3.05) is 27.2 Å². The topological polar surface area (TPSA) is 32.3 Å². The Hall–Kier alpha value is -0.520. The minimum Gasteiger partial charge on any atom is -0.301 e. The first-order chi connectivity index (χ1) is 8.41. The number of likely N-dealkylation sites (tertiary alicyclic amines) is 1. The fourth-order valence-corrected chi connectivity index (χ4v) is 3.41. The molecule has 0 unspecified atom stereocenters. The molecule has 1 aromatic heterocycles. The average Bonchev–Trinajstić information content (AvgIpc) is 2.78. The van der Waals surface area contributed by atoms with Gasteiger partial charge in [-0.2, -0.15) is 0 Å². The molecule has 0 aliphatic carbocycles. The van der Waals surface area contributed by atoms with Crippen LogP contribution < -0.4 is 0 Å². The number of rotatable bonds is 4. The van der Waals surface area contributed by atoms with Crippen molar-refractivity contribution < 1.29 is 0 Å². The Bertz CT molecular complexity index is 401. The molecule has 0 aromatic carbocycles. The van der Waals surface area contributed by atoms with Crippen LogP contribution in [0.5, 0.6) is 0 Å². The molecular weight excluding hydrogens is 244 g/mol. The van der Waals surface area contributed by atoms with Gasteiger partial charge in [-0.15, -0.1) is 5.10 Å². The van der Waals surface area contributed by atoms with E-state index in [2.05, 4.69) is 47.3 Å². The van der Waals surface area contributed by atoms with E-state index in [-0.39, 0.29) is 0 Å². The number of aryl methyl sites for hydroxylation is 1. The third-order valence-corrected chi connectivity index (χ3v) is 5.30. The van der Waals surface area contributed by atoms with Gasteiger partial charge in [-0.1, -0.05) is 4.49 Å². The van der Waals surface area contributed by atoms with Crippen LogP contribution in [0.4, 0.5) is 0 Å². The second-order valence-corrected chi connectivity index (χ2v) is 6.88. The van der Waals surface area contributed by atoms with Crippen molar-refractivity contribution in [3.8, 4) is 0 Å². The number of aromatic nitrogens is 2. The van der Waals surface area contributed by atoms with E-state index in [1.54, 1.807) is 0 Å². The Kier molecular flexibility index (Phi) is 4.04. The third-order valence-electron chi connectivity index (χ3n) is 4.49. The third kappa shape index (κ3) is 2.73. The van der Waals surface area contributed by atoms with Gasteiger partial charge < -0.3 is 9.80 Å². The molecule has 1 atom stereocenters. The molecule has 0 amide bonds. The van der Waals surface area contributed by atoms with Crippen LogP contribution in [-0.4, -0.2) is 52.1 Å². The zero-order valence-electron chi connectivity index (χ0n) is 12.1. The first kappa shape index (κ1) is 13.9. The average molecular weight is 268 g/mol. The summed E-state index contributed by atoms with van der Waals surface area (Å²) in [5, 5.41) is 4.08. The molecule has 1 aliphatic heterocycles. The highest BCUT2D eigenvalue weighted by atomic mass is 32.1. The zero-order valence-corrected chi connectivity index (χ0v) is 12.9. The van der Waals surface area contributed by atoms with Crippen molar-refractivity contribution in [3.63, 3.8) is 0 Å². The van der Waals surface area contributed by atoms with Crippen LogP contribution in [0, 0.1) is 12.8 Å². The molecule has 102 valence electrons. The summed E-state index contributed by atoms with van der Waals surface area (Å²) in [5.74, 6) is 0.744. The summed E-state index contributed by atoms with van der Waals surface area (Å²) < 4.78 is 4.00. The summed E-state index contributed by atoms with van der Waals surface area (Å²) in [5.41, 5.74) is 1.39. The lowest BCUT2D eigenvalue weighted by Crippen LogP contribution is -2.43. The standard InChI is InChI=1S/C13H24N4S/c1-10-12(18-15-14-10)9-16(4)8-11-6-7-17(5)13(11,2)3/h11H,6-9H2,1-5H3/t11-/m1/s1. The van der Waals surface area contributed by atoms with Crippen LogP contribution in [0.2, 0.25) is 0 Å². The van der Waals surface area contributed by atoms with E-state index in [4.69, 9.17) is 0 Å². The van der Waals surface area contributed by atoms with Crippen LogP contribution in [0.25, 0.3) is 0 Å². The fourth-order valence-electron chi connectivity index (χ4n) is 2.70. The summed E-state index contributed by atoms with van der Waals surface area (Å²) in [6.07, 6.45) is 1.30. The smallest absolute Gasteiger partial charge is 0.0769 e. The number of hydrogen-bond acceptors (Lipinski definition) is 5. The van der Waals surface area contributed by atoms with Crippen molar-refractivity contribution in [1.82, 2.24) is 19.4 Å². The quantitative estimate of drug-likeness (QED) is 0.836. The molecular formula is C13H24N4S. The Morgan fingerprint density at radius 2 is 2.22 bits per heavy atom. The Morgan fingerprint density at radius 3 is 2.72 bits per heavy atom. The van der Waals surface area contributed by atoms with E-state index < -0.39 is 0 Å². The van der Waals surface area contributed by atoms with Crippen molar-refractivity contribution in [2.24, 2.45) is 5.92 Å². The fraction of sp³-hybridized carbons (Fsp3) is 0.846. The van der Waals surface area contributed by atoms with Gasteiger partial charge in [-0.3, -0.25) is 0 Å². The maximum absolute atomic E-state index is 4.08.